The zero-order chi connectivity index (χ0) is 19.0. The van der Waals surface area contributed by atoms with Crippen molar-refractivity contribution >= 4 is 11.7 Å². The van der Waals surface area contributed by atoms with E-state index in [0.717, 1.165) is 16.9 Å². The van der Waals surface area contributed by atoms with Crippen molar-refractivity contribution < 1.29 is 9.53 Å². The number of rotatable bonds is 3. The number of aromatic amines is 1. The summed E-state index contributed by atoms with van der Waals surface area (Å²) >= 11 is 0. The number of hydrogen-bond donors (Lipinski definition) is 3. The number of H-pyrrole nitrogens is 1. The van der Waals surface area contributed by atoms with Gasteiger partial charge < -0.3 is 15.8 Å². The molecular formula is C21H22N4O2. The Morgan fingerprint density at radius 1 is 1.19 bits per heavy atom. The van der Waals surface area contributed by atoms with E-state index in [4.69, 9.17) is 10.5 Å². The molecule has 6 heteroatoms. The summed E-state index contributed by atoms with van der Waals surface area (Å²) in [6, 6.07) is 17.2. The second kappa shape index (κ2) is 6.46. The van der Waals surface area contributed by atoms with Crippen LogP contribution in [0.3, 0.4) is 0 Å². The van der Waals surface area contributed by atoms with Crippen LogP contribution in [0.15, 0.2) is 54.6 Å². The smallest absolute Gasteiger partial charge is 0.270 e. The molecule has 0 saturated heterocycles. The first-order chi connectivity index (χ1) is 12.9. The third-order valence-corrected chi connectivity index (χ3v) is 4.77. The molecule has 4 rings (SSSR count). The largest absolute Gasteiger partial charge is 0.487 e. The third kappa shape index (κ3) is 3.26. The van der Waals surface area contributed by atoms with Gasteiger partial charge in [-0.05, 0) is 25.5 Å². The van der Waals surface area contributed by atoms with Gasteiger partial charge in [0.05, 0.1) is 11.6 Å². The van der Waals surface area contributed by atoms with E-state index < -0.39 is 0 Å². The summed E-state index contributed by atoms with van der Waals surface area (Å²) in [5.74, 6) is 0.862. The van der Waals surface area contributed by atoms with Gasteiger partial charge in [0.1, 0.15) is 17.0 Å². The maximum atomic E-state index is 13.1. The molecule has 0 unspecified atom stereocenters. The van der Waals surface area contributed by atoms with Crippen molar-refractivity contribution in [2.45, 2.75) is 31.9 Å². The van der Waals surface area contributed by atoms with Crippen molar-refractivity contribution in [3.63, 3.8) is 0 Å². The summed E-state index contributed by atoms with van der Waals surface area (Å²) in [6.45, 7) is 4.04. The number of anilines is 1. The number of hydrogen-bond acceptors (Lipinski definition) is 4. The summed E-state index contributed by atoms with van der Waals surface area (Å²) < 4.78 is 6.04. The van der Waals surface area contributed by atoms with Crippen LogP contribution in [0.2, 0.25) is 0 Å². The number of fused-ring (bicyclic) bond motifs is 1. The minimum Gasteiger partial charge on any atom is -0.487 e. The van der Waals surface area contributed by atoms with Gasteiger partial charge in [-0.15, -0.1) is 0 Å². The second-order valence-corrected chi connectivity index (χ2v) is 7.35. The average molecular weight is 362 g/mol. The number of carbonyl (C=O) groups is 1. The van der Waals surface area contributed by atoms with E-state index in [2.05, 4.69) is 15.5 Å². The minimum absolute atomic E-state index is 0.161. The van der Waals surface area contributed by atoms with E-state index in [0.29, 0.717) is 23.5 Å². The second-order valence-electron chi connectivity index (χ2n) is 7.35. The highest BCUT2D eigenvalue weighted by Gasteiger charge is 2.35. The topological polar surface area (TPSA) is 93.0 Å². The van der Waals surface area contributed by atoms with Crippen LogP contribution < -0.4 is 15.8 Å². The summed E-state index contributed by atoms with van der Waals surface area (Å²) in [4.78, 5) is 13.1. The fourth-order valence-electron chi connectivity index (χ4n) is 3.58. The monoisotopic (exact) mass is 362 g/mol. The van der Waals surface area contributed by atoms with Crippen LogP contribution in [0.5, 0.6) is 5.75 Å². The molecule has 0 radical (unpaired) electrons. The fourth-order valence-corrected chi connectivity index (χ4v) is 3.58. The molecule has 138 valence electrons. The summed E-state index contributed by atoms with van der Waals surface area (Å²) in [7, 11) is 0. The molecule has 3 aromatic rings. The maximum Gasteiger partial charge on any atom is 0.270 e. The van der Waals surface area contributed by atoms with Crippen LogP contribution >= 0.6 is 0 Å². The zero-order valence-corrected chi connectivity index (χ0v) is 15.3. The minimum atomic E-state index is -0.373. The van der Waals surface area contributed by atoms with Gasteiger partial charge in [0.25, 0.3) is 5.91 Å². The molecular weight excluding hydrogens is 340 g/mol. The van der Waals surface area contributed by atoms with Crippen molar-refractivity contribution in [2.75, 3.05) is 5.73 Å². The van der Waals surface area contributed by atoms with Crippen molar-refractivity contribution in [1.29, 1.82) is 0 Å². The Bertz CT molecular complexity index is 979. The first kappa shape index (κ1) is 17.1. The predicted molar refractivity (Wildman–Crippen MR) is 104 cm³/mol. The number of aromatic nitrogens is 2. The number of nitrogen functional groups attached to an aromatic ring is 1. The van der Waals surface area contributed by atoms with Gasteiger partial charge in [0, 0.05) is 12.0 Å². The van der Waals surface area contributed by atoms with Crippen LogP contribution in [0.1, 0.15) is 42.4 Å². The van der Waals surface area contributed by atoms with Gasteiger partial charge in [0.15, 0.2) is 5.82 Å². The van der Waals surface area contributed by atoms with Crippen LogP contribution in [0, 0.1) is 0 Å². The van der Waals surface area contributed by atoms with Gasteiger partial charge >= 0.3 is 0 Å². The molecule has 1 aromatic heterocycles. The molecule has 4 N–H and O–H groups in total. The SMILES string of the molecule is CC1(C)C[C@@H](NC(=O)c2[nH]nc(N)c2-c2ccccc2)c2ccccc2O1. The number of amides is 1. The van der Waals surface area contributed by atoms with Gasteiger partial charge in [-0.25, -0.2) is 0 Å². The number of nitrogens with zero attached hydrogens (tertiary/aromatic N) is 1. The van der Waals surface area contributed by atoms with E-state index in [-0.39, 0.29) is 17.6 Å². The molecule has 2 heterocycles. The number of para-hydroxylation sites is 1. The number of ether oxygens (including phenoxy) is 1. The number of nitrogens with two attached hydrogens (primary N) is 1. The van der Waals surface area contributed by atoms with Crippen LogP contribution in [-0.2, 0) is 0 Å². The Kier molecular flexibility index (Phi) is 4.11. The Hall–Kier alpha value is -3.28. The van der Waals surface area contributed by atoms with Crippen molar-refractivity contribution in [3.8, 4) is 16.9 Å². The average Bonchev–Trinajstić information content (AvgIpc) is 3.03. The van der Waals surface area contributed by atoms with Crippen molar-refractivity contribution in [3.05, 3.63) is 65.9 Å². The zero-order valence-electron chi connectivity index (χ0n) is 15.3. The van der Waals surface area contributed by atoms with Crippen LogP contribution in [-0.4, -0.2) is 21.7 Å². The molecule has 0 aliphatic carbocycles. The number of benzene rings is 2. The molecule has 0 spiro atoms. The van der Waals surface area contributed by atoms with Gasteiger partial charge in [-0.2, -0.15) is 5.10 Å². The first-order valence-electron chi connectivity index (χ1n) is 8.93. The van der Waals surface area contributed by atoms with Gasteiger partial charge in [-0.3, -0.25) is 9.89 Å². The van der Waals surface area contributed by atoms with Gasteiger partial charge in [-0.1, -0.05) is 48.5 Å². The Balaban J connectivity index is 1.66. The Morgan fingerprint density at radius 3 is 2.67 bits per heavy atom. The molecule has 1 aliphatic rings. The summed E-state index contributed by atoms with van der Waals surface area (Å²) in [5, 5.41) is 9.96. The Labute approximate surface area is 157 Å². The van der Waals surface area contributed by atoms with Gasteiger partial charge in [0.2, 0.25) is 0 Å². The van der Waals surface area contributed by atoms with E-state index >= 15 is 0 Å². The lowest BCUT2D eigenvalue weighted by Crippen LogP contribution is -2.41. The van der Waals surface area contributed by atoms with E-state index in [1.54, 1.807) is 0 Å². The van der Waals surface area contributed by atoms with Crippen molar-refractivity contribution in [2.24, 2.45) is 0 Å². The van der Waals surface area contributed by atoms with E-state index in [1.165, 1.54) is 0 Å². The van der Waals surface area contributed by atoms with E-state index in [1.807, 2.05) is 68.4 Å². The Morgan fingerprint density at radius 2 is 1.89 bits per heavy atom. The highest BCUT2D eigenvalue weighted by atomic mass is 16.5. The standard InChI is InChI=1S/C21H22N4O2/c1-21(2)12-15(14-10-6-7-11-16(14)27-21)23-20(26)18-17(19(22)25-24-18)13-8-4-3-5-9-13/h3-11,15H,12H2,1-2H3,(H,23,26)(H3,22,24,25)/t15-/m1/s1. The van der Waals surface area contributed by atoms with E-state index in [9.17, 15) is 4.79 Å². The fraction of sp³-hybridized carbons (Fsp3) is 0.238. The molecule has 1 aliphatic heterocycles. The first-order valence-corrected chi connectivity index (χ1v) is 8.93. The molecule has 1 atom stereocenters. The predicted octanol–water partition coefficient (Wildman–Crippen LogP) is 3.69. The highest BCUT2D eigenvalue weighted by Crippen LogP contribution is 2.39. The highest BCUT2D eigenvalue weighted by molar-refractivity contribution is 6.01. The molecule has 0 saturated carbocycles. The number of carbonyl (C=O) groups excluding carboxylic acids is 1. The maximum absolute atomic E-state index is 13.1. The lowest BCUT2D eigenvalue weighted by atomic mass is 9.89. The normalized spacial score (nSPS) is 17.6. The molecule has 0 bridgehead atoms. The quantitative estimate of drug-likeness (QED) is 0.662. The molecule has 2 aromatic carbocycles. The molecule has 27 heavy (non-hydrogen) atoms. The lowest BCUT2D eigenvalue weighted by Gasteiger charge is -2.37. The number of nitrogens with one attached hydrogen (secondary N) is 2. The molecule has 6 nitrogen and oxygen atoms in total. The molecule has 0 fully saturated rings. The van der Waals surface area contributed by atoms with Crippen molar-refractivity contribution in [1.82, 2.24) is 15.5 Å². The molecule has 1 amide bonds. The summed E-state index contributed by atoms with van der Waals surface area (Å²) in [5.41, 5.74) is 8.45. The van der Waals surface area contributed by atoms with Crippen LogP contribution in [0.4, 0.5) is 5.82 Å². The third-order valence-electron chi connectivity index (χ3n) is 4.77. The lowest BCUT2D eigenvalue weighted by molar-refractivity contribution is 0.0618. The van der Waals surface area contributed by atoms with Crippen LogP contribution in [0.25, 0.3) is 11.1 Å². The summed E-state index contributed by atoms with van der Waals surface area (Å²) in [6.07, 6.45) is 0.667.